The molecule has 0 bridgehead atoms. The number of hydrogen-bond acceptors (Lipinski definition) is 3. The SMILES string of the molecule is Cc1ccc(C2SCC(=O)N2Cc2ccccc2F)o1. The topological polar surface area (TPSA) is 33.5 Å². The second-order valence-electron chi connectivity index (χ2n) is 4.72. The predicted octanol–water partition coefficient (Wildman–Crippen LogP) is 3.50. The molecule has 1 amide bonds. The summed E-state index contributed by atoms with van der Waals surface area (Å²) < 4.78 is 19.3. The van der Waals surface area contributed by atoms with Gasteiger partial charge in [0.2, 0.25) is 5.91 Å². The highest BCUT2D eigenvalue weighted by Gasteiger charge is 2.35. The van der Waals surface area contributed by atoms with Gasteiger partial charge in [-0.1, -0.05) is 18.2 Å². The van der Waals surface area contributed by atoms with Crippen LogP contribution in [0.1, 0.15) is 22.5 Å². The Hall–Kier alpha value is -1.75. The van der Waals surface area contributed by atoms with Crippen molar-refractivity contribution in [2.45, 2.75) is 18.8 Å². The lowest BCUT2D eigenvalue weighted by Gasteiger charge is -2.22. The molecule has 1 fully saturated rings. The van der Waals surface area contributed by atoms with Crippen molar-refractivity contribution in [3.63, 3.8) is 0 Å². The third-order valence-electron chi connectivity index (χ3n) is 3.27. The first-order chi connectivity index (χ1) is 9.65. The highest BCUT2D eigenvalue weighted by molar-refractivity contribution is 8.00. The molecule has 3 rings (SSSR count). The van der Waals surface area contributed by atoms with E-state index in [0.717, 1.165) is 11.5 Å². The third-order valence-corrected chi connectivity index (χ3v) is 4.49. The van der Waals surface area contributed by atoms with Gasteiger partial charge in [0.15, 0.2) is 0 Å². The number of carbonyl (C=O) groups is 1. The molecule has 5 heteroatoms. The van der Waals surface area contributed by atoms with Crippen LogP contribution < -0.4 is 0 Å². The van der Waals surface area contributed by atoms with Crippen LogP contribution in [0.25, 0.3) is 0 Å². The molecule has 3 nitrogen and oxygen atoms in total. The Morgan fingerprint density at radius 1 is 1.35 bits per heavy atom. The molecule has 1 atom stereocenters. The van der Waals surface area contributed by atoms with Crippen molar-refractivity contribution in [1.29, 1.82) is 0 Å². The van der Waals surface area contributed by atoms with E-state index >= 15 is 0 Å². The average molecular weight is 291 g/mol. The molecule has 1 aliphatic heterocycles. The molecule has 1 aromatic heterocycles. The average Bonchev–Trinajstić information content (AvgIpc) is 3.00. The molecule has 2 heterocycles. The summed E-state index contributed by atoms with van der Waals surface area (Å²) in [6.07, 6.45) is 0. The first-order valence-corrected chi connectivity index (χ1v) is 7.41. The summed E-state index contributed by atoms with van der Waals surface area (Å²) in [5, 5.41) is -0.171. The summed E-state index contributed by atoms with van der Waals surface area (Å²) in [5.41, 5.74) is 0.525. The molecule has 1 saturated heterocycles. The van der Waals surface area contributed by atoms with Crippen LogP contribution in [0.15, 0.2) is 40.8 Å². The van der Waals surface area contributed by atoms with Gasteiger partial charge in [0.05, 0.1) is 12.3 Å². The number of benzene rings is 1. The van der Waals surface area contributed by atoms with Crippen LogP contribution >= 0.6 is 11.8 Å². The second kappa shape index (κ2) is 5.32. The summed E-state index contributed by atoms with van der Waals surface area (Å²) in [5.74, 6) is 1.68. The van der Waals surface area contributed by atoms with E-state index in [9.17, 15) is 9.18 Å². The number of rotatable bonds is 3. The summed E-state index contributed by atoms with van der Waals surface area (Å²) in [6.45, 7) is 2.13. The number of carbonyl (C=O) groups excluding carboxylic acids is 1. The van der Waals surface area contributed by atoms with Gasteiger partial charge in [-0.25, -0.2) is 4.39 Å². The van der Waals surface area contributed by atoms with Crippen molar-refractivity contribution in [3.8, 4) is 0 Å². The van der Waals surface area contributed by atoms with Crippen LogP contribution in [0, 0.1) is 12.7 Å². The van der Waals surface area contributed by atoms with Crippen molar-refractivity contribution >= 4 is 17.7 Å². The molecule has 104 valence electrons. The molecule has 0 radical (unpaired) electrons. The minimum Gasteiger partial charge on any atom is -0.463 e. The van der Waals surface area contributed by atoms with E-state index in [1.165, 1.54) is 17.8 Å². The normalized spacial score (nSPS) is 18.8. The Morgan fingerprint density at radius 2 is 2.15 bits per heavy atom. The first kappa shape index (κ1) is 13.2. The van der Waals surface area contributed by atoms with Crippen LogP contribution in [0.2, 0.25) is 0 Å². The van der Waals surface area contributed by atoms with Crippen molar-refractivity contribution in [2.24, 2.45) is 0 Å². The van der Waals surface area contributed by atoms with Gasteiger partial charge in [0.1, 0.15) is 22.7 Å². The molecule has 0 saturated carbocycles. The number of amides is 1. The number of thioether (sulfide) groups is 1. The number of aryl methyl sites for hydroxylation is 1. The van der Waals surface area contributed by atoms with E-state index in [1.807, 2.05) is 19.1 Å². The molecule has 0 aliphatic carbocycles. The Balaban J connectivity index is 1.86. The lowest BCUT2D eigenvalue weighted by molar-refractivity contribution is -0.128. The van der Waals surface area contributed by atoms with Crippen LogP contribution in [-0.4, -0.2) is 16.6 Å². The Kier molecular flexibility index (Phi) is 3.53. The molecular weight excluding hydrogens is 277 g/mol. The zero-order valence-electron chi connectivity index (χ0n) is 11.0. The zero-order chi connectivity index (χ0) is 14.1. The van der Waals surface area contributed by atoms with E-state index in [0.29, 0.717) is 11.3 Å². The van der Waals surface area contributed by atoms with Gasteiger partial charge in [-0.3, -0.25) is 4.79 Å². The molecule has 1 unspecified atom stereocenters. The minimum absolute atomic E-state index is 0.0114. The van der Waals surface area contributed by atoms with E-state index in [-0.39, 0.29) is 23.6 Å². The zero-order valence-corrected chi connectivity index (χ0v) is 11.8. The minimum atomic E-state index is -0.286. The van der Waals surface area contributed by atoms with Crippen molar-refractivity contribution in [3.05, 3.63) is 59.3 Å². The fourth-order valence-corrected chi connectivity index (χ4v) is 3.39. The second-order valence-corrected chi connectivity index (χ2v) is 5.79. The van der Waals surface area contributed by atoms with E-state index < -0.39 is 0 Å². The van der Waals surface area contributed by atoms with E-state index in [4.69, 9.17) is 4.42 Å². The number of hydrogen-bond donors (Lipinski definition) is 0. The Morgan fingerprint density at radius 3 is 2.85 bits per heavy atom. The van der Waals surface area contributed by atoms with Crippen LogP contribution in [-0.2, 0) is 11.3 Å². The lowest BCUT2D eigenvalue weighted by Crippen LogP contribution is -2.27. The van der Waals surface area contributed by atoms with Gasteiger partial charge in [-0.05, 0) is 25.1 Å². The van der Waals surface area contributed by atoms with Gasteiger partial charge in [0, 0.05) is 5.56 Å². The standard InChI is InChI=1S/C15H14FNO2S/c1-10-6-7-13(19-10)15-17(14(18)9-20-15)8-11-4-2-3-5-12(11)16/h2-7,15H,8-9H2,1H3. The molecular formula is C15H14FNO2S. The molecule has 20 heavy (non-hydrogen) atoms. The third kappa shape index (κ3) is 2.45. The quantitative estimate of drug-likeness (QED) is 0.868. The van der Waals surface area contributed by atoms with Crippen molar-refractivity contribution in [1.82, 2.24) is 4.90 Å². The maximum atomic E-state index is 13.7. The summed E-state index contributed by atoms with van der Waals surface area (Å²) >= 11 is 1.51. The van der Waals surface area contributed by atoms with Crippen LogP contribution in [0.3, 0.4) is 0 Å². The van der Waals surface area contributed by atoms with E-state index in [1.54, 1.807) is 23.1 Å². The van der Waals surface area contributed by atoms with Crippen LogP contribution in [0.4, 0.5) is 4.39 Å². The maximum absolute atomic E-state index is 13.7. The largest absolute Gasteiger partial charge is 0.463 e. The monoisotopic (exact) mass is 291 g/mol. The van der Waals surface area contributed by atoms with Crippen LogP contribution in [0.5, 0.6) is 0 Å². The smallest absolute Gasteiger partial charge is 0.234 e. The summed E-state index contributed by atoms with van der Waals surface area (Å²) in [6, 6.07) is 10.3. The highest BCUT2D eigenvalue weighted by atomic mass is 32.2. The fourth-order valence-electron chi connectivity index (χ4n) is 2.26. The van der Waals surface area contributed by atoms with Crippen molar-refractivity contribution < 1.29 is 13.6 Å². The van der Waals surface area contributed by atoms with Crippen molar-refractivity contribution in [2.75, 3.05) is 5.75 Å². The maximum Gasteiger partial charge on any atom is 0.234 e. The Bertz CT molecular complexity index is 640. The molecule has 0 N–H and O–H groups in total. The molecule has 1 aliphatic rings. The summed E-state index contributed by atoms with van der Waals surface area (Å²) in [4.78, 5) is 13.7. The van der Waals surface area contributed by atoms with Gasteiger partial charge < -0.3 is 9.32 Å². The fraction of sp³-hybridized carbons (Fsp3) is 0.267. The number of halogens is 1. The first-order valence-electron chi connectivity index (χ1n) is 6.36. The molecule has 0 spiro atoms. The van der Waals surface area contributed by atoms with Gasteiger partial charge in [-0.15, -0.1) is 11.8 Å². The Labute approximate surface area is 120 Å². The number of furan rings is 1. The summed E-state index contributed by atoms with van der Waals surface area (Å²) in [7, 11) is 0. The van der Waals surface area contributed by atoms with Gasteiger partial charge in [-0.2, -0.15) is 0 Å². The molecule has 2 aromatic rings. The highest BCUT2D eigenvalue weighted by Crippen LogP contribution is 2.40. The van der Waals surface area contributed by atoms with E-state index in [2.05, 4.69) is 0 Å². The molecule has 1 aromatic carbocycles. The van der Waals surface area contributed by atoms with Gasteiger partial charge in [0.25, 0.3) is 0 Å². The predicted molar refractivity (Wildman–Crippen MR) is 75.6 cm³/mol. The lowest BCUT2D eigenvalue weighted by atomic mass is 10.2. The number of nitrogens with zero attached hydrogens (tertiary/aromatic N) is 1. The van der Waals surface area contributed by atoms with Gasteiger partial charge >= 0.3 is 0 Å².